The SMILES string of the molecule is CCCCCCC1=CC=C(c2ccc(C3=CC=C(C4=CCC(C)CC4)C(F)C3F)cc2)C(F)C1F. The van der Waals surface area contributed by atoms with Crippen molar-refractivity contribution in [3.8, 4) is 0 Å². The second-order valence-corrected chi connectivity index (χ2v) is 10.2. The summed E-state index contributed by atoms with van der Waals surface area (Å²) in [6, 6.07) is 6.69. The average molecular weight is 485 g/mol. The first kappa shape index (κ1) is 25.7. The molecule has 4 rings (SSSR count). The summed E-state index contributed by atoms with van der Waals surface area (Å²) >= 11 is 0. The molecule has 0 aromatic heterocycles. The number of rotatable bonds is 8. The Kier molecular flexibility index (Phi) is 8.51. The minimum Gasteiger partial charge on any atom is -0.239 e. The first-order valence-electron chi connectivity index (χ1n) is 13.1. The highest BCUT2D eigenvalue weighted by molar-refractivity contribution is 5.78. The Morgan fingerprint density at radius 2 is 1.29 bits per heavy atom. The molecule has 3 aliphatic carbocycles. The first-order valence-corrected chi connectivity index (χ1v) is 13.1. The molecular weight excluding hydrogens is 448 g/mol. The molecule has 0 fully saturated rings. The fourth-order valence-corrected chi connectivity index (χ4v) is 5.26. The monoisotopic (exact) mass is 484 g/mol. The van der Waals surface area contributed by atoms with Crippen LogP contribution >= 0.6 is 0 Å². The van der Waals surface area contributed by atoms with Crippen molar-refractivity contribution in [2.24, 2.45) is 5.92 Å². The van der Waals surface area contributed by atoms with Crippen molar-refractivity contribution in [3.05, 3.63) is 82.5 Å². The first-order chi connectivity index (χ1) is 16.9. The van der Waals surface area contributed by atoms with Gasteiger partial charge in [0, 0.05) is 0 Å². The highest BCUT2D eigenvalue weighted by atomic mass is 19.2. The topological polar surface area (TPSA) is 0 Å². The van der Waals surface area contributed by atoms with Crippen LogP contribution in [0.4, 0.5) is 17.6 Å². The third-order valence-electron chi connectivity index (χ3n) is 7.59. The van der Waals surface area contributed by atoms with E-state index < -0.39 is 24.7 Å². The van der Waals surface area contributed by atoms with Crippen LogP contribution in [0.15, 0.2) is 71.4 Å². The lowest BCUT2D eigenvalue weighted by Gasteiger charge is -2.28. The minimum atomic E-state index is -1.75. The van der Waals surface area contributed by atoms with Gasteiger partial charge in [-0.15, -0.1) is 0 Å². The molecule has 0 saturated heterocycles. The summed E-state index contributed by atoms with van der Waals surface area (Å²) in [5.74, 6) is 0.579. The standard InChI is InChI=1S/C31H36F4/c1-3-4-5-6-7-24-16-17-25(29(33)28(24)32)22-12-14-23(15-13-22)27-19-18-26(30(34)31(27)35)21-10-8-20(2)9-11-21/h10,12-20,28-31H,3-9,11H2,1-2H3. The number of halogens is 4. The summed E-state index contributed by atoms with van der Waals surface area (Å²) in [7, 11) is 0. The number of allylic oxidation sites excluding steroid dienone is 10. The minimum absolute atomic E-state index is 0.282. The summed E-state index contributed by atoms with van der Waals surface area (Å²) in [5, 5.41) is 0. The molecule has 35 heavy (non-hydrogen) atoms. The normalized spacial score (nSPS) is 29.1. The third-order valence-corrected chi connectivity index (χ3v) is 7.59. The maximum absolute atomic E-state index is 15.1. The van der Waals surface area contributed by atoms with Crippen molar-refractivity contribution in [1.82, 2.24) is 0 Å². The van der Waals surface area contributed by atoms with Crippen LogP contribution in [-0.4, -0.2) is 24.7 Å². The van der Waals surface area contributed by atoms with E-state index in [2.05, 4.69) is 13.8 Å². The maximum Gasteiger partial charge on any atom is 0.161 e. The number of alkyl halides is 4. The molecular formula is C31H36F4. The molecule has 1 aromatic carbocycles. The molecule has 0 amide bonds. The van der Waals surface area contributed by atoms with Crippen LogP contribution in [-0.2, 0) is 0 Å². The van der Waals surface area contributed by atoms with E-state index in [1.165, 1.54) is 0 Å². The zero-order chi connectivity index (χ0) is 24.9. The molecule has 0 saturated carbocycles. The molecule has 0 N–H and O–H groups in total. The van der Waals surface area contributed by atoms with Crippen LogP contribution in [0.2, 0.25) is 0 Å². The van der Waals surface area contributed by atoms with Crippen LogP contribution in [0, 0.1) is 5.92 Å². The van der Waals surface area contributed by atoms with Crippen molar-refractivity contribution < 1.29 is 17.6 Å². The van der Waals surface area contributed by atoms with E-state index in [0.29, 0.717) is 40.2 Å². The molecule has 0 bridgehead atoms. The van der Waals surface area contributed by atoms with Gasteiger partial charge >= 0.3 is 0 Å². The van der Waals surface area contributed by atoms with Crippen molar-refractivity contribution in [3.63, 3.8) is 0 Å². The van der Waals surface area contributed by atoms with Gasteiger partial charge in [-0.05, 0) is 77.0 Å². The summed E-state index contributed by atoms with van der Waals surface area (Å²) in [4.78, 5) is 0. The van der Waals surface area contributed by atoms with Gasteiger partial charge in [0.05, 0.1) is 0 Å². The van der Waals surface area contributed by atoms with Crippen molar-refractivity contribution in [2.45, 2.75) is 89.9 Å². The van der Waals surface area contributed by atoms with E-state index >= 15 is 8.78 Å². The molecule has 0 nitrogen and oxygen atoms in total. The third kappa shape index (κ3) is 5.73. The Bertz CT molecular complexity index is 1040. The van der Waals surface area contributed by atoms with Crippen LogP contribution < -0.4 is 0 Å². The second kappa shape index (κ2) is 11.6. The van der Waals surface area contributed by atoms with Crippen molar-refractivity contribution >= 4 is 11.1 Å². The van der Waals surface area contributed by atoms with Crippen LogP contribution in [0.1, 0.15) is 76.3 Å². The Morgan fingerprint density at radius 3 is 1.89 bits per heavy atom. The van der Waals surface area contributed by atoms with Crippen molar-refractivity contribution in [2.75, 3.05) is 0 Å². The average Bonchev–Trinajstić information content (AvgIpc) is 2.87. The molecule has 0 spiro atoms. The lowest BCUT2D eigenvalue weighted by Crippen LogP contribution is -2.26. The van der Waals surface area contributed by atoms with Gasteiger partial charge in [0.1, 0.15) is 0 Å². The zero-order valence-electron chi connectivity index (χ0n) is 20.8. The van der Waals surface area contributed by atoms with Gasteiger partial charge in [0.25, 0.3) is 0 Å². The lowest BCUT2D eigenvalue weighted by atomic mass is 9.81. The van der Waals surface area contributed by atoms with Crippen molar-refractivity contribution in [1.29, 1.82) is 0 Å². The Hall–Kier alpha value is -2.36. The number of hydrogen-bond acceptors (Lipinski definition) is 0. The van der Waals surface area contributed by atoms with E-state index in [4.69, 9.17) is 0 Å². The van der Waals surface area contributed by atoms with Gasteiger partial charge in [-0.2, -0.15) is 0 Å². The molecule has 3 aliphatic rings. The summed E-state index contributed by atoms with van der Waals surface area (Å²) < 4.78 is 59.9. The molecule has 5 unspecified atom stereocenters. The van der Waals surface area contributed by atoms with Gasteiger partial charge in [-0.1, -0.05) is 87.8 Å². The van der Waals surface area contributed by atoms with Crippen LogP contribution in [0.25, 0.3) is 11.1 Å². The largest absolute Gasteiger partial charge is 0.239 e. The fourth-order valence-electron chi connectivity index (χ4n) is 5.26. The van der Waals surface area contributed by atoms with Gasteiger partial charge in [0.15, 0.2) is 24.7 Å². The molecule has 0 radical (unpaired) electrons. The number of benzene rings is 1. The second-order valence-electron chi connectivity index (χ2n) is 10.2. The van der Waals surface area contributed by atoms with Crippen LogP contribution in [0.5, 0.6) is 0 Å². The van der Waals surface area contributed by atoms with Gasteiger partial charge in [-0.25, -0.2) is 17.6 Å². The Labute approximate surface area is 207 Å². The number of hydrogen-bond donors (Lipinski definition) is 0. The van der Waals surface area contributed by atoms with Gasteiger partial charge < -0.3 is 0 Å². The zero-order valence-corrected chi connectivity index (χ0v) is 20.8. The van der Waals surface area contributed by atoms with E-state index in [0.717, 1.165) is 50.5 Å². The molecule has 0 aliphatic heterocycles. The van der Waals surface area contributed by atoms with E-state index in [9.17, 15) is 8.78 Å². The highest BCUT2D eigenvalue weighted by Gasteiger charge is 2.34. The molecule has 5 atom stereocenters. The molecule has 1 aromatic rings. The summed E-state index contributed by atoms with van der Waals surface area (Å²) in [6.07, 6.45) is 9.30. The molecule has 188 valence electrons. The fraction of sp³-hybridized carbons (Fsp3) is 0.484. The van der Waals surface area contributed by atoms with Gasteiger partial charge in [0.2, 0.25) is 0 Å². The highest BCUT2D eigenvalue weighted by Crippen LogP contribution is 2.39. The van der Waals surface area contributed by atoms with Crippen LogP contribution in [0.3, 0.4) is 0 Å². The van der Waals surface area contributed by atoms with E-state index in [-0.39, 0.29) is 5.57 Å². The number of unbranched alkanes of at least 4 members (excludes halogenated alkanes) is 3. The predicted molar refractivity (Wildman–Crippen MR) is 138 cm³/mol. The lowest BCUT2D eigenvalue weighted by molar-refractivity contribution is 0.237. The summed E-state index contributed by atoms with van der Waals surface area (Å²) in [6.45, 7) is 4.29. The van der Waals surface area contributed by atoms with Gasteiger partial charge in [-0.3, -0.25) is 0 Å². The molecule has 0 heterocycles. The quantitative estimate of drug-likeness (QED) is 0.255. The molecule has 4 heteroatoms. The summed E-state index contributed by atoms with van der Waals surface area (Å²) in [5.41, 5.74) is 3.57. The van der Waals surface area contributed by atoms with E-state index in [1.807, 2.05) is 6.08 Å². The van der Waals surface area contributed by atoms with E-state index in [1.54, 1.807) is 48.6 Å². The Balaban J connectivity index is 1.50. The smallest absolute Gasteiger partial charge is 0.161 e. The Morgan fingerprint density at radius 1 is 0.714 bits per heavy atom. The maximum atomic E-state index is 15.1. The predicted octanol–water partition coefficient (Wildman–Crippen LogP) is 9.40.